The third-order valence-electron chi connectivity index (χ3n) is 4.41. The third-order valence-corrected chi connectivity index (χ3v) is 4.41. The molecular weight excluding hydrogens is 346 g/mol. The van der Waals surface area contributed by atoms with Gasteiger partial charge in [0.15, 0.2) is 5.69 Å². The summed E-state index contributed by atoms with van der Waals surface area (Å²) < 4.78 is 7.51. The predicted octanol–water partition coefficient (Wildman–Crippen LogP) is 2.84. The highest BCUT2D eigenvalue weighted by molar-refractivity contribution is 6.22. The number of carbonyl (C=O) groups is 2. The minimum absolute atomic E-state index is 0.204. The zero-order chi connectivity index (χ0) is 19.0. The van der Waals surface area contributed by atoms with Crippen molar-refractivity contribution in [3.05, 3.63) is 65.9 Å². The van der Waals surface area contributed by atoms with E-state index in [1.54, 1.807) is 19.1 Å². The molecule has 0 bridgehead atoms. The molecule has 2 N–H and O–H groups in total. The standard InChI is InChI=1S/C20H17N3O4/c1-2-27-20(25)23-15-11-7-6-10-14(15)17-19(23)18(13-8-4-3-5-9-13)22(26)12-16(24)21-17/h3-11,26H,2,12H2,1H3/p+1. The number of fused-ring (bicyclic) bond motifs is 3. The molecule has 0 radical (unpaired) electrons. The molecule has 0 spiro atoms. The number of para-hydroxylation sites is 1. The summed E-state index contributed by atoms with van der Waals surface area (Å²) in [7, 11) is 0. The highest BCUT2D eigenvalue weighted by atomic mass is 16.5. The van der Waals surface area contributed by atoms with Gasteiger partial charge in [-0.1, -0.05) is 36.4 Å². The van der Waals surface area contributed by atoms with E-state index < -0.39 is 6.09 Å². The van der Waals surface area contributed by atoms with Crippen LogP contribution in [0.4, 0.5) is 10.5 Å². The van der Waals surface area contributed by atoms with Gasteiger partial charge in [0.2, 0.25) is 0 Å². The number of benzene rings is 2. The van der Waals surface area contributed by atoms with Crippen LogP contribution in [-0.4, -0.2) is 45.4 Å². The summed E-state index contributed by atoms with van der Waals surface area (Å²) in [6.45, 7) is 1.68. The Balaban J connectivity index is 2.12. The Morgan fingerprint density at radius 1 is 1.19 bits per heavy atom. The summed E-state index contributed by atoms with van der Waals surface area (Å²) >= 11 is 0. The largest absolute Gasteiger partial charge is 0.449 e. The molecule has 1 aromatic heterocycles. The van der Waals surface area contributed by atoms with Crippen molar-refractivity contribution in [1.82, 2.24) is 4.57 Å². The molecule has 7 nitrogen and oxygen atoms in total. The number of anilines is 1. The molecular formula is C20H18N3O4+. The maximum absolute atomic E-state index is 12.8. The van der Waals surface area contributed by atoms with Gasteiger partial charge in [-0.15, -0.1) is 0 Å². The van der Waals surface area contributed by atoms with Crippen LogP contribution in [0, 0.1) is 0 Å². The number of rotatable bonds is 2. The molecule has 2 aromatic carbocycles. The number of hydrogen-bond donors (Lipinski definition) is 2. The maximum Gasteiger partial charge on any atom is 0.419 e. The number of hydroxylamine groups is 1. The summed E-state index contributed by atoms with van der Waals surface area (Å²) in [4.78, 5) is 25.1. The molecule has 136 valence electrons. The Kier molecular flexibility index (Phi) is 4.12. The Hall–Kier alpha value is -3.61. The van der Waals surface area contributed by atoms with Crippen LogP contribution < -0.4 is 5.32 Å². The lowest BCUT2D eigenvalue weighted by molar-refractivity contribution is -0.765. The van der Waals surface area contributed by atoms with Gasteiger partial charge in [-0.3, -0.25) is 10.0 Å². The number of ether oxygens (including phenoxy) is 1. The maximum atomic E-state index is 12.8. The number of nitrogens with one attached hydrogen (secondary N) is 1. The SMILES string of the molecule is CCOC(=O)n1c2c(c3ccccc31)NC(=O)C[N+](O)=C2c1ccccc1. The second kappa shape index (κ2) is 6.60. The molecule has 27 heavy (non-hydrogen) atoms. The van der Waals surface area contributed by atoms with E-state index in [9.17, 15) is 14.8 Å². The summed E-state index contributed by atoms with van der Waals surface area (Å²) in [5, 5.41) is 14.2. The van der Waals surface area contributed by atoms with Crippen LogP contribution in [0.3, 0.4) is 0 Å². The number of aromatic nitrogens is 1. The van der Waals surface area contributed by atoms with E-state index in [1.165, 1.54) is 4.57 Å². The second-order valence-corrected chi connectivity index (χ2v) is 6.10. The first-order valence-electron chi connectivity index (χ1n) is 8.61. The van der Waals surface area contributed by atoms with Crippen LogP contribution in [-0.2, 0) is 9.53 Å². The fraction of sp³-hybridized carbons (Fsp3) is 0.150. The van der Waals surface area contributed by atoms with Crippen molar-refractivity contribution in [2.24, 2.45) is 0 Å². The van der Waals surface area contributed by atoms with Gasteiger partial charge in [0.1, 0.15) is 0 Å². The van der Waals surface area contributed by atoms with E-state index in [2.05, 4.69) is 5.32 Å². The molecule has 4 rings (SSSR count). The number of carbonyl (C=O) groups excluding carboxylic acids is 2. The van der Waals surface area contributed by atoms with Gasteiger partial charge in [-0.25, -0.2) is 9.36 Å². The van der Waals surface area contributed by atoms with Crippen LogP contribution in [0.2, 0.25) is 0 Å². The molecule has 1 aliphatic rings. The highest BCUT2D eigenvalue weighted by Gasteiger charge is 2.37. The summed E-state index contributed by atoms with van der Waals surface area (Å²) in [6, 6.07) is 16.4. The van der Waals surface area contributed by atoms with Crippen LogP contribution in [0.1, 0.15) is 18.2 Å². The first kappa shape index (κ1) is 16.8. The zero-order valence-corrected chi connectivity index (χ0v) is 14.7. The molecule has 1 aliphatic heterocycles. The first-order valence-corrected chi connectivity index (χ1v) is 8.61. The highest BCUT2D eigenvalue weighted by Crippen LogP contribution is 2.34. The van der Waals surface area contributed by atoms with Crippen LogP contribution in [0.5, 0.6) is 0 Å². The minimum Gasteiger partial charge on any atom is -0.449 e. The monoisotopic (exact) mass is 364 g/mol. The van der Waals surface area contributed by atoms with Crippen molar-refractivity contribution in [1.29, 1.82) is 0 Å². The lowest BCUT2D eigenvalue weighted by Crippen LogP contribution is -2.28. The number of hydrogen-bond acceptors (Lipinski definition) is 4. The lowest BCUT2D eigenvalue weighted by Gasteiger charge is -2.09. The van der Waals surface area contributed by atoms with Gasteiger partial charge in [-0.2, -0.15) is 0 Å². The van der Waals surface area contributed by atoms with E-state index >= 15 is 0 Å². The van der Waals surface area contributed by atoms with Crippen LogP contribution in [0.25, 0.3) is 10.9 Å². The van der Waals surface area contributed by atoms with Gasteiger partial charge in [0.05, 0.1) is 23.4 Å². The molecule has 7 heteroatoms. The summed E-state index contributed by atoms with van der Waals surface area (Å²) in [6.07, 6.45) is -0.576. The van der Waals surface area contributed by atoms with Crippen molar-refractivity contribution in [2.75, 3.05) is 18.5 Å². The van der Waals surface area contributed by atoms with Gasteiger partial charge in [-0.05, 0) is 29.9 Å². The molecule has 0 aliphatic carbocycles. The van der Waals surface area contributed by atoms with Gasteiger partial charge < -0.3 is 10.1 Å². The van der Waals surface area contributed by atoms with E-state index in [1.807, 2.05) is 42.5 Å². The molecule has 0 atom stereocenters. The van der Waals surface area contributed by atoms with Crippen molar-refractivity contribution in [3.63, 3.8) is 0 Å². The fourth-order valence-corrected chi connectivity index (χ4v) is 3.37. The Bertz CT molecular complexity index is 1080. The topological polar surface area (TPSA) is 83.6 Å². The van der Waals surface area contributed by atoms with Crippen molar-refractivity contribution in [3.8, 4) is 0 Å². The molecule has 1 amide bonds. The Labute approximate surface area is 155 Å². The van der Waals surface area contributed by atoms with Crippen molar-refractivity contribution < 1.29 is 24.3 Å². The van der Waals surface area contributed by atoms with Gasteiger partial charge in [0, 0.05) is 5.39 Å². The Morgan fingerprint density at radius 2 is 1.89 bits per heavy atom. The lowest BCUT2D eigenvalue weighted by atomic mass is 10.1. The number of amides is 1. The van der Waals surface area contributed by atoms with E-state index in [0.717, 1.165) is 4.74 Å². The average molecular weight is 364 g/mol. The van der Waals surface area contributed by atoms with E-state index in [0.29, 0.717) is 33.6 Å². The third kappa shape index (κ3) is 2.73. The summed E-state index contributed by atoms with van der Waals surface area (Å²) in [5.41, 5.74) is 2.47. The zero-order valence-electron chi connectivity index (χ0n) is 14.7. The fourth-order valence-electron chi connectivity index (χ4n) is 3.37. The van der Waals surface area contributed by atoms with Gasteiger partial charge >= 0.3 is 6.09 Å². The second-order valence-electron chi connectivity index (χ2n) is 6.10. The number of nitrogens with zero attached hydrogens (tertiary/aromatic N) is 2. The normalized spacial score (nSPS) is 13.9. The Morgan fingerprint density at radius 3 is 2.63 bits per heavy atom. The molecule has 0 saturated carbocycles. The van der Waals surface area contributed by atoms with Crippen molar-refractivity contribution in [2.45, 2.75) is 6.92 Å². The summed E-state index contributed by atoms with van der Waals surface area (Å²) in [5.74, 6) is -0.378. The molecule has 0 fully saturated rings. The van der Waals surface area contributed by atoms with Crippen LogP contribution in [0.15, 0.2) is 54.6 Å². The van der Waals surface area contributed by atoms with Gasteiger partial charge in [0.25, 0.3) is 18.2 Å². The predicted molar refractivity (Wildman–Crippen MR) is 99.6 cm³/mol. The smallest absolute Gasteiger partial charge is 0.419 e. The first-order chi connectivity index (χ1) is 13.1. The molecule has 3 aromatic rings. The molecule has 2 heterocycles. The van der Waals surface area contributed by atoms with Crippen LogP contribution >= 0.6 is 0 Å². The van der Waals surface area contributed by atoms with E-state index in [-0.39, 0.29) is 19.1 Å². The molecule has 0 saturated heterocycles. The van der Waals surface area contributed by atoms with Crippen molar-refractivity contribution >= 4 is 34.3 Å². The van der Waals surface area contributed by atoms with E-state index in [4.69, 9.17) is 4.74 Å². The molecule has 0 unspecified atom stereocenters. The quantitative estimate of drug-likeness (QED) is 0.541. The average Bonchev–Trinajstić information content (AvgIpc) is 2.90. The minimum atomic E-state index is -0.576.